The quantitative estimate of drug-likeness (QED) is 0.942. The Morgan fingerprint density at radius 3 is 2.55 bits per heavy atom. The molecule has 0 spiro atoms. The molecule has 3 rings (SSSR count). The minimum atomic E-state index is 0.234. The zero-order valence-corrected chi connectivity index (χ0v) is 14.1. The highest BCUT2D eigenvalue weighted by Gasteiger charge is 2.33. The minimum absolute atomic E-state index is 0.234. The van der Waals surface area contributed by atoms with E-state index in [1.165, 1.54) is 22.9 Å². The van der Waals surface area contributed by atoms with Crippen molar-refractivity contribution >= 4 is 16.7 Å². The van der Waals surface area contributed by atoms with Crippen LogP contribution in [0.25, 0.3) is 10.9 Å². The van der Waals surface area contributed by atoms with Crippen molar-refractivity contribution in [2.45, 2.75) is 34.1 Å². The van der Waals surface area contributed by atoms with Gasteiger partial charge in [-0.05, 0) is 61.4 Å². The molecule has 1 saturated heterocycles. The van der Waals surface area contributed by atoms with Crippen molar-refractivity contribution in [1.29, 1.82) is 0 Å². The zero-order valence-electron chi connectivity index (χ0n) is 14.1. The molecule has 4 nitrogen and oxygen atoms in total. The molecule has 118 valence electrons. The van der Waals surface area contributed by atoms with Gasteiger partial charge in [0.15, 0.2) is 0 Å². The molecule has 0 amide bonds. The molecular weight excluding hydrogens is 272 g/mol. The number of hydrogen-bond acceptors (Lipinski definition) is 4. The van der Waals surface area contributed by atoms with Crippen molar-refractivity contribution in [3.8, 4) is 0 Å². The third-order valence-electron chi connectivity index (χ3n) is 4.88. The van der Waals surface area contributed by atoms with E-state index < -0.39 is 0 Å². The monoisotopic (exact) mass is 298 g/mol. The molecule has 1 aliphatic rings. The molecule has 0 bridgehead atoms. The molecule has 2 aromatic rings. The van der Waals surface area contributed by atoms with Crippen LogP contribution in [0.2, 0.25) is 0 Å². The Morgan fingerprint density at radius 1 is 1.18 bits per heavy atom. The Morgan fingerprint density at radius 2 is 1.86 bits per heavy atom. The van der Waals surface area contributed by atoms with Gasteiger partial charge in [-0.2, -0.15) is 0 Å². The van der Waals surface area contributed by atoms with Gasteiger partial charge in [-0.25, -0.2) is 9.97 Å². The van der Waals surface area contributed by atoms with Gasteiger partial charge in [-0.3, -0.25) is 0 Å². The maximum Gasteiger partial charge on any atom is 0.139 e. The summed E-state index contributed by atoms with van der Waals surface area (Å²) in [5.74, 6) is 1.80. The number of nitrogens with zero attached hydrogens (tertiary/aromatic N) is 3. The number of benzene rings is 1. The summed E-state index contributed by atoms with van der Waals surface area (Å²) in [5.41, 5.74) is 9.70. The van der Waals surface area contributed by atoms with E-state index in [1.807, 2.05) is 0 Å². The van der Waals surface area contributed by atoms with Crippen LogP contribution in [0.5, 0.6) is 0 Å². The van der Waals surface area contributed by atoms with E-state index in [1.54, 1.807) is 6.33 Å². The molecule has 2 N–H and O–H groups in total. The second-order valence-electron chi connectivity index (χ2n) is 7.49. The lowest BCUT2D eigenvalue weighted by Crippen LogP contribution is -2.49. The van der Waals surface area contributed by atoms with Gasteiger partial charge in [-0.1, -0.05) is 13.8 Å². The zero-order chi connectivity index (χ0) is 15.9. The van der Waals surface area contributed by atoms with Gasteiger partial charge in [0.1, 0.15) is 12.1 Å². The summed E-state index contributed by atoms with van der Waals surface area (Å²) in [5, 5.41) is 1.17. The summed E-state index contributed by atoms with van der Waals surface area (Å²) in [4.78, 5) is 11.3. The third kappa shape index (κ3) is 2.80. The average molecular weight is 298 g/mol. The van der Waals surface area contributed by atoms with E-state index in [0.29, 0.717) is 0 Å². The van der Waals surface area contributed by atoms with E-state index in [0.717, 1.165) is 36.9 Å². The number of nitrogens with two attached hydrogens (primary N) is 1. The predicted molar refractivity (Wildman–Crippen MR) is 92.2 cm³/mol. The fourth-order valence-corrected chi connectivity index (χ4v) is 3.29. The molecule has 0 aliphatic carbocycles. The molecule has 1 aromatic carbocycles. The molecule has 0 atom stereocenters. The van der Waals surface area contributed by atoms with Crippen molar-refractivity contribution in [3.05, 3.63) is 29.6 Å². The lowest BCUT2D eigenvalue weighted by molar-refractivity contribution is 0.242. The van der Waals surface area contributed by atoms with Crippen molar-refractivity contribution in [2.24, 2.45) is 17.1 Å². The van der Waals surface area contributed by atoms with E-state index in [4.69, 9.17) is 5.73 Å². The molecule has 2 heterocycles. The van der Waals surface area contributed by atoms with Crippen LogP contribution < -0.4 is 10.6 Å². The summed E-state index contributed by atoms with van der Waals surface area (Å²) < 4.78 is 0. The maximum atomic E-state index is 5.85. The summed E-state index contributed by atoms with van der Waals surface area (Å²) in [6.45, 7) is 11.7. The molecule has 0 radical (unpaired) electrons. The number of aryl methyl sites for hydroxylation is 2. The lowest BCUT2D eigenvalue weighted by Gasteiger charge is -2.43. The summed E-state index contributed by atoms with van der Waals surface area (Å²) in [6.07, 6.45) is 2.87. The molecule has 1 aromatic heterocycles. The Hall–Kier alpha value is -1.68. The highest BCUT2D eigenvalue weighted by molar-refractivity contribution is 5.90. The first-order valence-corrected chi connectivity index (χ1v) is 8.06. The van der Waals surface area contributed by atoms with Gasteiger partial charge in [0.2, 0.25) is 0 Å². The normalized spacial score (nSPS) is 16.1. The SMILES string of the molecule is Cc1cc2ncnc(N3CC(CC(C)(C)CN)C3)c2cc1C. The molecule has 1 fully saturated rings. The first-order valence-electron chi connectivity index (χ1n) is 8.06. The van der Waals surface area contributed by atoms with Crippen LogP contribution >= 0.6 is 0 Å². The molecular formula is C18H26N4. The van der Waals surface area contributed by atoms with E-state index in [2.05, 4.69) is 54.7 Å². The topological polar surface area (TPSA) is 55.0 Å². The van der Waals surface area contributed by atoms with Crippen LogP contribution in [0.1, 0.15) is 31.4 Å². The minimum Gasteiger partial charge on any atom is -0.355 e. The van der Waals surface area contributed by atoms with Crippen LogP contribution in [0.3, 0.4) is 0 Å². The van der Waals surface area contributed by atoms with Gasteiger partial charge >= 0.3 is 0 Å². The van der Waals surface area contributed by atoms with Gasteiger partial charge in [0.25, 0.3) is 0 Å². The van der Waals surface area contributed by atoms with Gasteiger partial charge in [0, 0.05) is 18.5 Å². The van der Waals surface area contributed by atoms with Crippen molar-refractivity contribution in [3.63, 3.8) is 0 Å². The Balaban J connectivity index is 1.80. The van der Waals surface area contributed by atoms with Crippen LogP contribution in [0.15, 0.2) is 18.5 Å². The Kier molecular flexibility index (Phi) is 3.81. The largest absolute Gasteiger partial charge is 0.355 e. The number of fused-ring (bicyclic) bond motifs is 1. The highest BCUT2D eigenvalue weighted by atomic mass is 15.2. The fraction of sp³-hybridized carbons (Fsp3) is 0.556. The molecule has 22 heavy (non-hydrogen) atoms. The van der Waals surface area contributed by atoms with Gasteiger partial charge in [-0.15, -0.1) is 0 Å². The third-order valence-corrected chi connectivity index (χ3v) is 4.88. The average Bonchev–Trinajstić information content (AvgIpc) is 2.43. The molecule has 4 heteroatoms. The van der Waals surface area contributed by atoms with Crippen LogP contribution in [-0.2, 0) is 0 Å². The predicted octanol–water partition coefficient (Wildman–Crippen LogP) is 3.06. The number of rotatable bonds is 4. The van der Waals surface area contributed by atoms with Crippen molar-refractivity contribution in [2.75, 3.05) is 24.5 Å². The van der Waals surface area contributed by atoms with E-state index >= 15 is 0 Å². The van der Waals surface area contributed by atoms with Crippen molar-refractivity contribution < 1.29 is 0 Å². The highest BCUT2D eigenvalue weighted by Crippen LogP contribution is 2.35. The first-order chi connectivity index (χ1) is 10.4. The lowest BCUT2D eigenvalue weighted by atomic mass is 9.79. The fourth-order valence-electron chi connectivity index (χ4n) is 3.29. The van der Waals surface area contributed by atoms with Crippen LogP contribution in [-0.4, -0.2) is 29.6 Å². The first kappa shape index (κ1) is 15.2. The van der Waals surface area contributed by atoms with Gasteiger partial charge < -0.3 is 10.6 Å². The maximum absolute atomic E-state index is 5.85. The standard InChI is InChI=1S/C18H26N4/c1-12-5-15-16(6-13(12)2)20-11-21-17(15)22-8-14(9-22)7-18(3,4)10-19/h5-6,11,14H,7-10,19H2,1-4H3. The van der Waals surface area contributed by atoms with Crippen LogP contribution in [0.4, 0.5) is 5.82 Å². The summed E-state index contributed by atoms with van der Waals surface area (Å²) >= 11 is 0. The Bertz CT molecular complexity index is 687. The number of hydrogen-bond donors (Lipinski definition) is 1. The van der Waals surface area contributed by atoms with Crippen LogP contribution in [0, 0.1) is 25.2 Å². The second kappa shape index (κ2) is 5.51. The van der Waals surface area contributed by atoms with Gasteiger partial charge in [0.05, 0.1) is 5.52 Å². The smallest absolute Gasteiger partial charge is 0.139 e. The van der Waals surface area contributed by atoms with E-state index in [9.17, 15) is 0 Å². The van der Waals surface area contributed by atoms with E-state index in [-0.39, 0.29) is 5.41 Å². The summed E-state index contributed by atoms with van der Waals surface area (Å²) in [6, 6.07) is 4.38. The summed E-state index contributed by atoms with van der Waals surface area (Å²) in [7, 11) is 0. The molecule has 0 saturated carbocycles. The molecule has 0 unspecified atom stereocenters. The number of anilines is 1. The molecule has 1 aliphatic heterocycles. The number of aromatic nitrogens is 2. The Labute approximate surface area is 132 Å². The van der Waals surface area contributed by atoms with Crippen molar-refractivity contribution in [1.82, 2.24) is 9.97 Å². The second-order valence-corrected chi connectivity index (χ2v) is 7.49.